The van der Waals surface area contributed by atoms with Crippen LogP contribution >= 0.6 is 15.9 Å². The molecule has 1 aromatic rings. The quantitative estimate of drug-likeness (QED) is 0.737. The van der Waals surface area contributed by atoms with E-state index in [4.69, 9.17) is 4.74 Å². The first kappa shape index (κ1) is 8.51. The van der Waals surface area contributed by atoms with Gasteiger partial charge >= 0.3 is 0 Å². The van der Waals surface area contributed by atoms with Crippen molar-refractivity contribution in [2.75, 3.05) is 6.54 Å². The van der Waals surface area contributed by atoms with Crippen molar-refractivity contribution in [3.63, 3.8) is 0 Å². The molecular formula is C10H8BrNO. The van der Waals surface area contributed by atoms with Crippen molar-refractivity contribution < 1.29 is 4.74 Å². The summed E-state index contributed by atoms with van der Waals surface area (Å²) in [6, 6.07) is 9.88. The molecule has 0 fully saturated rings. The van der Waals surface area contributed by atoms with Crippen molar-refractivity contribution >= 4 is 21.8 Å². The summed E-state index contributed by atoms with van der Waals surface area (Å²) in [4.78, 5) is 6.01. The first-order chi connectivity index (χ1) is 6.40. The van der Waals surface area contributed by atoms with Gasteiger partial charge in [0.1, 0.15) is 12.3 Å². The fraction of sp³-hybridized carbons (Fsp3) is 0.100. The molecule has 2 rings (SSSR count). The van der Waals surface area contributed by atoms with Gasteiger partial charge in [-0.3, -0.25) is 0 Å². The fourth-order valence-electron chi connectivity index (χ4n) is 1.13. The summed E-state index contributed by atoms with van der Waals surface area (Å²) in [6.45, 7) is 0.621. The Labute approximate surface area is 85.1 Å². The summed E-state index contributed by atoms with van der Waals surface area (Å²) in [7, 11) is 0. The Balaban J connectivity index is 2.22. The van der Waals surface area contributed by atoms with Crippen LogP contribution in [0.3, 0.4) is 0 Å². The standard InChI is InChI=1S/C10H8BrNO/c11-6-9-7-12-10(13-9)8-4-2-1-3-5-8/h1-6H,7H2/b9-6-. The molecular weight excluding hydrogens is 230 g/mol. The average Bonchev–Trinajstić information content (AvgIpc) is 2.67. The zero-order valence-corrected chi connectivity index (χ0v) is 8.49. The van der Waals surface area contributed by atoms with Crippen LogP contribution in [0.25, 0.3) is 0 Å². The summed E-state index contributed by atoms with van der Waals surface area (Å²) in [6.07, 6.45) is 0. The highest BCUT2D eigenvalue weighted by atomic mass is 79.9. The average molecular weight is 238 g/mol. The van der Waals surface area contributed by atoms with Gasteiger partial charge in [0.2, 0.25) is 5.90 Å². The van der Waals surface area contributed by atoms with Crippen LogP contribution in [0.4, 0.5) is 0 Å². The van der Waals surface area contributed by atoms with E-state index in [2.05, 4.69) is 20.9 Å². The summed E-state index contributed by atoms with van der Waals surface area (Å²) in [5.41, 5.74) is 1.02. The van der Waals surface area contributed by atoms with Gasteiger partial charge in [0, 0.05) is 10.5 Å². The minimum absolute atomic E-state index is 0.621. The van der Waals surface area contributed by atoms with Gasteiger partial charge in [0.25, 0.3) is 0 Å². The monoisotopic (exact) mass is 237 g/mol. The molecule has 1 aliphatic heterocycles. The van der Waals surface area contributed by atoms with E-state index in [0.717, 1.165) is 11.3 Å². The largest absolute Gasteiger partial charge is 0.441 e. The molecule has 0 saturated heterocycles. The molecule has 13 heavy (non-hydrogen) atoms. The van der Waals surface area contributed by atoms with Gasteiger partial charge in [-0.15, -0.1) is 0 Å². The fourth-order valence-corrected chi connectivity index (χ4v) is 1.36. The maximum absolute atomic E-state index is 5.46. The maximum Gasteiger partial charge on any atom is 0.222 e. The third-order valence-corrected chi connectivity index (χ3v) is 2.26. The number of aliphatic imine (C=N–C) groups is 1. The molecule has 0 unspecified atom stereocenters. The van der Waals surface area contributed by atoms with E-state index in [0.29, 0.717) is 12.4 Å². The van der Waals surface area contributed by atoms with Gasteiger partial charge in [-0.05, 0) is 12.1 Å². The van der Waals surface area contributed by atoms with Gasteiger partial charge in [-0.1, -0.05) is 34.1 Å². The smallest absolute Gasteiger partial charge is 0.222 e. The third kappa shape index (κ3) is 1.80. The van der Waals surface area contributed by atoms with Crippen LogP contribution in [-0.4, -0.2) is 12.4 Å². The van der Waals surface area contributed by atoms with E-state index in [-0.39, 0.29) is 0 Å². The number of rotatable bonds is 1. The van der Waals surface area contributed by atoms with Gasteiger partial charge in [0.05, 0.1) is 0 Å². The minimum Gasteiger partial charge on any atom is -0.441 e. The molecule has 66 valence electrons. The number of hydrogen-bond acceptors (Lipinski definition) is 2. The van der Waals surface area contributed by atoms with Gasteiger partial charge in [-0.2, -0.15) is 0 Å². The lowest BCUT2D eigenvalue weighted by Crippen LogP contribution is -1.98. The highest BCUT2D eigenvalue weighted by Gasteiger charge is 2.13. The highest BCUT2D eigenvalue weighted by Crippen LogP contribution is 2.15. The van der Waals surface area contributed by atoms with Crippen molar-refractivity contribution in [3.05, 3.63) is 46.6 Å². The van der Waals surface area contributed by atoms with E-state index in [9.17, 15) is 0 Å². The molecule has 0 N–H and O–H groups in total. The summed E-state index contributed by atoms with van der Waals surface area (Å²) >= 11 is 3.22. The molecule has 1 aliphatic rings. The molecule has 3 heteroatoms. The van der Waals surface area contributed by atoms with Gasteiger partial charge in [-0.25, -0.2) is 4.99 Å². The van der Waals surface area contributed by atoms with E-state index in [1.165, 1.54) is 0 Å². The SMILES string of the molecule is Br/C=C1/CN=C(c2ccccc2)O1. The normalized spacial score (nSPS) is 18.5. The van der Waals surface area contributed by atoms with E-state index in [1.807, 2.05) is 30.3 Å². The van der Waals surface area contributed by atoms with Crippen molar-refractivity contribution in [2.24, 2.45) is 4.99 Å². The molecule has 0 atom stereocenters. The Morgan fingerprint density at radius 1 is 1.31 bits per heavy atom. The van der Waals surface area contributed by atoms with Crippen LogP contribution in [0.5, 0.6) is 0 Å². The molecule has 0 bridgehead atoms. The second-order valence-electron chi connectivity index (χ2n) is 2.66. The Hall–Kier alpha value is -1.09. The number of hydrogen-bond donors (Lipinski definition) is 0. The predicted octanol–water partition coefficient (Wildman–Crippen LogP) is 2.70. The van der Waals surface area contributed by atoms with Crippen molar-refractivity contribution in [2.45, 2.75) is 0 Å². The summed E-state index contributed by atoms with van der Waals surface area (Å²) < 4.78 is 5.46. The second kappa shape index (κ2) is 3.75. The first-order valence-corrected chi connectivity index (χ1v) is 4.88. The molecule has 1 heterocycles. The van der Waals surface area contributed by atoms with Crippen molar-refractivity contribution in [1.82, 2.24) is 0 Å². The van der Waals surface area contributed by atoms with Crippen LogP contribution in [0.1, 0.15) is 5.56 Å². The van der Waals surface area contributed by atoms with E-state index in [1.54, 1.807) is 4.99 Å². The topological polar surface area (TPSA) is 21.6 Å². The summed E-state index contributed by atoms with van der Waals surface area (Å²) in [5.74, 6) is 1.55. The molecule has 0 radical (unpaired) electrons. The van der Waals surface area contributed by atoms with Crippen molar-refractivity contribution in [1.29, 1.82) is 0 Å². The van der Waals surface area contributed by atoms with E-state index < -0.39 is 0 Å². The molecule has 0 saturated carbocycles. The zero-order valence-electron chi connectivity index (χ0n) is 6.90. The van der Waals surface area contributed by atoms with Gasteiger partial charge in [0.15, 0.2) is 0 Å². The molecule has 0 aromatic heterocycles. The molecule has 0 amide bonds. The summed E-state index contributed by atoms with van der Waals surface area (Å²) in [5, 5.41) is 0. The molecule has 1 aromatic carbocycles. The van der Waals surface area contributed by atoms with Crippen LogP contribution in [0, 0.1) is 0 Å². The highest BCUT2D eigenvalue weighted by molar-refractivity contribution is 9.11. The lowest BCUT2D eigenvalue weighted by molar-refractivity contribution is 0.441. The lowest BCUT2D eigenvalue weighted by Gasteiger charge is -2.00. The third-order valence-electron chi connectivity index (χ3n) is 1.75. The van der Waals surface area contributed by atoms with Crippen molar-refractivity contribution in [3.8, 4) is 0 Å². The predicted molar refractivity (Wildman–Crippen MR) is 55.9 cm³/mol. The van der Waals surface area contributed by atoms with E-state index >= 15 is 0 Å². The molecule has 2 nitrogen and oxygen atoms in total. The van der Waals surface area contributed by atoms with Gasteiger partial charge < -0.3 is 4.74 Å². The second-order valence-corrected chi connectivity index (χ2v) is 3.12. The number of nitrogens with zero attached hydrogens (tertiary/aromatic N) is 1. The number of ether oxygens (including phenoxy) is 1. The number of halogens is 1. The van der Waals surface area contributed by atoms with Crippen LogP contribution in [0.2, 0.25) is 0 Å². The Bertz CT molecular complexity index is 356. The number of benzene rings is 1. The Morgan fingerprint density at radius 3 is 2.69 bits per heavy atom. The zero-order chi connectivity index (χ0) is 9.10. The first-order valence-electron chi connectivity index (χ1n) is 3.97. The molecule has 0 spiro atoms. The van der Waals surface area contributed by atoms with Crippen LogP contribution in [0.15, 0.2) is 46.1 Å². The van der Waals surface area contributed by atoms with Crippen LogP contribution < -0.4 is 0 Å². The Morgan fingerprint density at radius 2 is 2.08 bits per heavy atom. The van der Waals surface area contributed by atoms with Crippen LogP contribution in [-0.2, 0) is 4.74 Å². The maximum atomic E-state index is 5.46. The minimum atomic E-state index is 0.621. The molecule has 0 aliphatic carbocycles. The Kier molecular flexibility index (Phi) is 2.45. The lowest BCUT2D eigenvalue weighted by atomic mass is 10.2.